The standard InChI is InChI=1S/C18H20O2/c1-12-8-13(2)18(14(3)9-12)17(19)11-15-6-5-7-16(10-15)20-4/h5-10H,11H2,1-4H3. The van der Waals surface area contributed by atoms with Gasteiger partial charge in [-0.15, -0.1) is 0 Å². The first kappa shape index (κ1) is 14.3. The van der Waals surface area contributed by atoms with Crippen molar-refractivity contribution in [3.63, 3.8) is 0 Å². The van der Waals surface area contributed by atoms with E-state index in [1.807, 2.05) is 38.1 Å². The molecule has 0 atom stereocenters. The van der Waals surface area contributed by atoms with Gasteiger partial charge in [0.1, 0.15) is 5.75 Å². The molecular weight excluding hydrogens is 248 g/mol. The number of ether oxygens (including phenoxy) is 1. The first-order valence-electron chi connectivity index (χ1n) is 6.75. The van der Waals surface area contributed by atoms with Crippen LogP contribution in [0.3, 0.4) is 0 Å². The molecule has 0 radical (unpaired) electrons. The number of ketones is 1. The molecule has 0 N–H and O–H groups in total. The van der Waals surface area contributed by atoms with Crippen molar-refractivity contribution in [1.29, 1.82) is 0 Å². The highest BCUT2D eigenvalue weighted by Gasteiger charge is 2.13. The fourth-order valence-corrected chi connectivity index (χ4v) is 2.68. The third-order valence-corrected chi connectivity index (χ3v) is 3.45. The van der Waals surface area contributed by atoms with E-state index >= 15 is 0 Å². The van der Waals surface area contributed by atoms with E-state index in [1.54, 1.807) is 7.11 Å². The van der Waals surface area contributed by atoms with Crippen LogP contribution in [-0.2, 0) is 6.42 Å². The molecule has 0 saturated carbocycles. The number of hydrogen-bond donors (Lipinski definition) is 0. The van der Waals surface area contributed by atoms with Crippen LogP contribution in [0.2, 0.25) is 0 Å². The molecule has 2 rings (SSSR count). The fourth-order valence-electron chi connectivity index (χ4n) is 2.68. The highest BCUT2D eigenvalue weighted by atomic mass is 16.5. The van der Waals surface area contributed by atoms with Crippen LogP contribution in [0.25, 0.3) is 0 Å². The van der Waals surface area contributed by atoms with Crippen molar-refractivity contribution in [3.8, 4) is 5.75 Å². The summed E-state index contributed by atoms with van der Waals surface area (Å²) < 4.78 is 5.19. The minimum absolute atomic E-state index is 0.160. The summed E-state index contributed by atoms with van der Waals surface area (Å²) >= 11 is 0. The zero-order chi connectivity index (χ0) is 14.7. The summed E-state index contributed by atoms with van der Waals surface area (Å²) in [5.74, 6) is 0.945. The Bertz CT molecular complexity index is 619. The molecule has 0 aliphatic heterocycles. The molecule has 0 aromatic heterocycles. The molecule has 2 aromatic carbocycles. The van der Waals surface area contributed by atoms with Gasteiger partial charge in [-0.05, 0) is 49.6 Å². The third-order valence-electron chi connectivity index (χ3n) is 3.45. The van der Waals surface area contributed by atoms with Crippen LogP contribution in [0.4, 0.5) is 0 Å². The van der Waals surface area contributed by atoms with Gasteiger partial charge in [-0.1, -0.05) is 29.8 Å². The van der Waals surface area contributed by atoms with Gasteiger partial charge in [-0.25, -0.2) is 0 Å². The Morgan fingerprint density at radius 3 is 2.30 bits per heavy atom. The molecule has 0 aliphatic rings. The van der Waals surface area contributed by atoms with Gasteiger partial charge in [0.2, 0.25) is 0 Å². The number of Topliss-reactive ketones (excluding diaryl/α,β-unsaturated/α-hetero) is 1. The molecule has 0 amide bonds. The van der Waals surface area contributed by atoms with Crippen LogP contribution in [0.1, 0.15) is 32.6 Å². The fraction of sp³-hybridized carbons (Fsp3) is 0.278. The summed E-state index contributed by atoms with van der Waals surface area (Å²) in [4.78, 5) is 12.5. The summed E-state index contributed by atoms with van der Waals surface area (Å²) in [5.41, 5.74) is 5.12. The maximum absolute atomic E-state index is 12.5. The Hall–Kier alpha value is -2.09. The van der Waals surface area contributed by atoms with Crippen molar-refractivity contribution in [1.82, 2.24) is 0 Å². The monoisotopic (exact) mass is 268 g/mol. The maximum Gasteiger partial charge on any atom is 0.167 e. The zero-order valence-electron chi connectivity index (χ0n) is 12.5. The second-order valence-corrected chi connectivity index (χ2v) is 5.23. The van der Waals surface area contributed by atoms with Gasteiger partial charge >= 0.3 is 0 Å². The number of carbonyl (C=O) groups is 1. The lowest BCUT2D eigenvalue weighted by atomic mass is 9.93. The minimum atomic E-state index is 0.160. The summed E-state index contributed by atoms with van der Waals surface area (Å²) in [6.45, 7) is 6.05. The molecular formula is C18H20O2. The average molecular weight is 268 g/mol. The van der Waals surface area contributed by atoms with Gasteiger partial charge in [0.25, 0.3) is 0 Å². The highest BCUT2D eigenvalue weighted by molar-refractivity contribution is 6.00. The van der Waals surface area contributed by atoms with Crippen LogP contribution < -0.4 is 4.74 Å². The number of benzene rings is 2. The topological polar surface area (TPSA) is 26.3 Å². The molecule has 0 bridgehead atoms. The number of rotatable bonds is 4. The number of hydrogen-bond acceptors (Lipinski definition) is 2. The van der Waals surface area contributed by atoms with E-state index in [0.29, 0.717) is 6.42 Å². The van der Waals surface area contributed by atoms with Gasteiger partial charge in [-0.3, -0.25) is 4.79 Å². The van der Waals surface area contributed by atoms with Gasteiger partial charge in [0.05, 0.1) is 7.11 Å². The maximum atomic E-state index is 12.5. The first-order valence-corrected chi connectivity index (χ1v) is 6.75. The summed E-state index contributed by atoms with van der Waals surface area (Å²) in [6.07, 6.45) is 0.405. The third kappa shape index (κ3) is 3.08. The molecule has 20 heavy (non-hydrogen) atoms. The lowest BCUT2D eigenvalue weighted by Crippen LogP contribution is -2.08. The normalized spacial score (nSPS) is 10.4. The summed E-state index contributed by atoms with van der Waals surface area (Å²) in [6, 6.07) is 11.8. The zero-order valence-corrected chi connectivity index (χ0v) is 12.5. The Morgan fingerprint density at radius 2 is 1.70 bits per heavy atom. The molecule has 0 aliphatic carbocycles. The SMILES string of the molecule is COc1cccc(CC(=O)c2c(C)cc(C)cc2C)c1. The van der Waals surface area contributed by atoms with Crippen molar-refractivity contribution in [2.24, 2.45) is 0 Å². The largest absolute Gasteiger partial charge is 0.497 e. The Morgan fingerprint density at radius 1 is 1.05 bits per heavy atom. The van der Waals surface area contributed by atoms with Crippen LogP contribution in [-0.4, -0.2) is 12.9 Å². The Balaban J connectivity index is 2.28. The number of carbonyl (C=O) groups excluding carboxylic acids is 1. The van der Waals surface area contributed by atoms with E-state index in [1.165, 1.54) is 5.56 Å². The molecule has 0 heterocycles. The van der Waals surface area contributed by atoms with E-state index in [9.17, 15) is 4.79 Å². The lowest BCUT2D eigenvalue weighted by molar-refractivity contribution is 0.0992. The van der Waals surface area contributed by atoms with Gasteiger partial charge < -0.3 is 4.74 Å². The molecule has 2 heteroatoms. The molecule has 2 aromatic rings. The Labute approximate surface area is 120 Å². The lowest BCUT2D eigenvalue weighted by Gasteiger charge is -2.11. The van der Waals surface area contributed by atoms with Crippen LogP contribution in [0, 0.1) is 20.8 Å². The van der Waals surface area contributed by atoms with Crippen molar-refractivity contribution in [2.75, 3.05) is 7.11 Å². The van der Waals surface area contributed by atoms with Gasteiger partial charge in [0, 0.05) is 12.0 Å². The first-order chi connectivity index (χ1) is 9.51. The summed E-state index contributed by atoms with van der Waals surface area (Å²) in [7, 11) is 1.63. The van der Waals surface area contributed by atoms with Crippen molar-refractivity contribution < 1.29 is 9.53 Å². The second kappa shape index (κ2) is 5.91. The number of methoxy groups -OCH3 is 1. The van der Waals surface area contributed by atoms with E-state index in [2.05, 4.69) is 19.1 Å². The molecule has 104 valence electrons. The van der Waals surface area contributed by atoms with Crippen LogP contribution >= 0.6 is 0 Å². The van der Waals surface area contributed by atoms with E-state index in [4.69, 9.17) is 4.74 Å². The number of aryl methyl sites for hydroxylation is 3. The Kier molecular flexibility index (Phi) is 4.23. The average Bonchev–Trinajstić information content (AvgIpc) is 2.37. The molecule has 0 spiro atoms. The molecule has 2 nitrogen and oxygen atoms in total. The molecule has 0 fully saturated rings. The molecule has 0 unspecified atom stereocenters. The van der Waals surface area contributed by atoms with E-state index in [-0.39, 0.29) is 5.78 Å². The smallest absolute Gasteiger partial charge is 0.167 e. The second-order valence-electron chi connectivity index (χ2n) is 5.23. The van der Waals surface area contributed by atoms with Crippen LogP contribution in [0.5, 0.6) is 5.75 Å². The quantitative estimate of drug-likeness (QED) is 0.782. The van der Waals surface area contributed by atoms with Crippen LogP contribution in [0.15, 0.2) is 36.4 Å². The minimum Gasteiger partial charge on any atom is -0.497 e. The predicted molar refractivity (Wildman–Crippen MR) is 81.7 cm³/mol. The molecule has 0 saturated heterocycles. The van der Waals surface area contributed by atoms with E-state index in [0.717, 1.165) is 28.0 Å². The van der Waals surface area contributed by atoms with Gasteiger partial charge in [0.15, 0.2) is 5.78 Å². The highest BCUT2D eigenvalue weighted by Crippen LogP contribution is 2.20. The predicted octanol–water partition coefficient (Wildman–Crippen LogP) is 4.05. The van der Waals surface area contributed by atoms with Gasteiger partial charge in [-0.2, -0.15) is 0 Å². The van der Waals surface area contributed by atoms with E-state index < -0.39 is 0 Å². The van der Waals surface area contributed by atoms with Crippen molar-refractivity contribution in [2.45, 2.75) is 27.2 Å². The summed E-state index contributed by atoms with van der Waals surface area (Å²) in [5, 5.41) is 0. The van der Waals surface area contributed by atoms with Crippen molar-refractivity contribution in [3.05, 3.63) is 64.2 Å². The van der Waals surface area contributed by atoms with Crippen molar-refractivity contribution >= 4 is 5.78 Å².